The normalized spacial score (nSPS) is 26.4. The fourth-order valence-corrected chi connectivity index (χ4v) is 5.24. The summed E-state index contributed by atoms with van der Waals surface area (Å²) in [6.45, 7) is 0. The van der Waals surface area contributed by atoms with Crippen LogP contribution in [0.1, 0.15) is 41.1 Å². The average Bonchev–Trinajstić information content (AvgIpc) is 3.21. The van der Waals surface area contributed by atoms with Crippen molar-refractivity contribution in [1.29, 1.82) is 5.26 Å². The maximum absolute atomic E-state index is 12.2. The molecule has 2 aromatic carbocycles. The van der Waals surface area contributed by atoms with Gasteiger partial charge in [-0.05, 0) is 36.1 Å². The zero-order chi connectivity index (χ0) is 20.9. The molecule has 3 atom stereocenters. The number of halogens is 1. The van der Waals surface area contributed by atoms with Crippen LogP contribution >= 0.6 is 11.6 Å². The Hall–Kier alpha value is -3.07. The molecule has 0 radical (unpaired) electrons. The molecule has 30 heavy (non-hydrogen) atoms. The molecule has 0 amide bonds. The summed E-state index contributed by atoms with van der Waals surface area (Å²) < 4.78 is 12.1. The quantitative estimate of drug-likeness (QED) is 0.669. The summed E-state index contributed by atoms with van der Waals surface area (Å²) in [5.74, 6) is 0.528. The number of hydrogen-bond acceptors (Lipinski definition) is 5. The lowest BCUT2D eigenvalue weighted by Crippen LogP contribution is -2.48. The second-order valence-corrected chi connectivity index (χ2v) is 8.14. The number of aromatic nitrogens is 1. The fraction of sp³-hybridized carbons (Fsp3) is 0.250. The van der Waals surface area contributed by atoms with Gasteiger partial charge >= 0.3 is 0 Å². The highest BCUT2D eigenvalue weighted by atomic mass is 35.5. The minimum Gasteiger partial charge on any atom is -0.481 e. The van der Waals surface area contributed by atoms with Gasteiger partial charge in [-0.2, -0.15) is 5.26 Å². The number of pyridine rings is 1. The Balaban J connectivity index is 1.80. The molecule has 5 rings (SSSR count). The van der Waals surface area contributed by atoms with E-state index in [4.69, 9.17) is 21.1 Å². The third-order valence-corrected chi connectivity index (χ3v) is 6.57. The van der Waals surface area contributed by atoms with Crippen LogP contribution < -0.4 is 9.47 Å². The first-order valence-electron chi connectivity index (χ1n) is 9.75. The summed E-state index contributed by atoms with van der Waals surface area (Å²) in [4.78, 5) is 4.28. The zero-order valence-corrected chi connectivity index (χ0v) is 17.1. The highest BCUT2D eigenvalue weighted by Crippen LogP contribution is 2.67. The van der Waals surface area contributed by atoms with E-state index in [0.717, 1.165) is 11.1 Å². The summed E-state index contributed by atoms with van der Waals surface area (Å²) in [6.07, 6.45) is 1.18. The highest BCUT2D eigenvalue weighted by molar-refractivity contribution is 6.30. The van der Waals surface area contributed by atoms with Crippen LogP contribution in [0.5, 0.6) is 11.6 Å². The maximum Gasteiger partial charge on any atom is 0.224 e. The van der Waals surface area contributed by atoms with Gasteiger partial charge in [-0.3, -0.25) is 0 Å². The molecule has 1 saturated carbocycles. The van der Waals surface area contributed by atoms with Crippen molar-refractivity contribution in [2.45, 2.75) is 30.0 Å². The van der Waals surface area contributed by atoms with Gasteiger partial charge in [0, 0.05) is 17.0 Å². The number of ether oxygens (including phenoxy) is 2. The van der Waals surface area contributed by atoms with Crippen molar-refractivity contribution in [2.24, 2.45) is 0 Å². The van der Waals surface area contributed by atoms with Crippen LogP contribution in [0.4, 0.5) is 0 Å². The van der Waals surface area contributed by atoms with Gasteiger partial charge in [-0.1, -0.05) is 54.1 Å². The van der Waals surface area contributed by atoms with Gasteiger partial charge < -0.3 is 14.6 Å². The number of aliphatic hydroxyl groups is 1. The van der Waals surface area contributed by atoms with E-state index < -0.39 is 11.2 Å². The number of hydrogen-bond donors (Lipinski definition) is 1. The van der Waals surface area contributed by atoms with Crippen LogP contribution in [0.2, 0.25) is 5.02 Å². The van der Waals surface area contributed by atoms with Crippen LogP contribution in [0.25, 0.3) is 0 Å². The van der Waals surface area contributed by atoms with Crippen molar-refractivity contribution in [3.63, 3.8) is 0 Å². The van der Waals surface area contributed by atoms with Crippen molar-refractivity contribution < 1.29 is 14.6 Å². The minimum atomic E-state index is -1.37. The van der Waals surface area contributed by atoms with Crippen LogP contribution in [-0.2, 0) is 11.2 Å². The van der Waals surface area contributed by atoms with E-state index in [1.54, 1.807) is 18.2 Å². The van der Waals surface area contributed by atoms with Gasteiger partial charge in [0.1, 0.15) is 23.1 Å². The minimum absolute atomic E-state index is 0.118. The van der Waals surface area contributed by atoms with E-state index in [0.29, 0.717) is 29.2 Å². The first kappa shape index (κ1) is 18.9. The van der Waals surface area contributed by atoms with E-state index >= 15 is 0 Å². The van der Waals surface area contributed by atoms with Gasteiger partial charge in [-0.15, -0.1) is 0 Å². The van der Waals surface area contributed by atoms with E-state index in [-0.39, 0.29) is 17.5 Å². The lowest BCUT2D eigenvalue weighted by Gasteiger charge is -2.40. The molecular formula is C24H19ClN2O3. The molecule has 6 heteroatoms. The van der Waals surface area contributed by atoms with E-state index in [2.05, 4.69) is 17.1 Å². The third-order valence-electron chi connectivity index (χ3n) is 6.32. The topological polar surface area (TPSA) is 75.4 Å². The third kappa shape index (κ3) is 2.41. The molecule has 3 aromatic rings. The standard InChI is InChI=1S/C24H19ClN2O3/c1-29-22-21-20(13-18(14-26)27-22)30-24(16-7-9-17(25)10-8-16)19(11-12-23(21,24)28)15-5-3-2-4-6-15/h2-10,13,19,28H,11-12H2,1H3. The monoisotopic (exact) mass is 418 g/mol. The Morgan fingerprint density at radius 2 is 1.93 bits per heavy atom. The molecule has 2 heterocycles. The summed E-state index contributed by atoms with van der Waals surface area (Å²) in [5, 5.41) is 22.2. The van der Waals surface area contributed by atoms with Gasteiger partial charge in [0.25, 0.3) is 0 Å². The van der Waals surface area contributed by atoms with Crippen molar-refractivity contribution >= 4 is 11.6 Å². The molecule has 1 aliphatic heterocycles. The molecule has 3 unspecified atom stereocenters. The van der Waals surface area contributed by atoms with Crippen molar-refractivity contribution in [1.82, 2.24) is 4.98 Å². The molecule has 1 fully saturated rings. The van der Waals surface area contributed by atoms with Crippen LogP contribution in [0.3, 0.4) is 0 Å². The molecule has 1 aromatic heterocycles. The predicted molar refractivity (Wildman–Crippen MR) is 112 cm³/mol. The Labute approximate surface area is 179 Å². The van der Waals surface area contributed by atoms with Gasteiger partial charge in [-0.25, -0.2) is 4.98 Å². The number of rotatable bonds is 3. The van der Waals surface area contributed by atoms with Crippen molar-refractivity contribution in [3.05, 3.63) is 88.1 Å². The number of fused-ring (bicyclic) bond motifs is 3. The van der Waals surface area contributed by atoms with Crippen molar-refractivity contribution in [2.75, 3.05) is 7.11 Å². The molecule has 1 N–H and O–H groups in total. The lowest BCUT2D eigenvalue weighted by molar-refractivity contribution is -0.106. The molecule has 150 valence electrons. The Kier molecular flexibility index (Phi) is 4.25. The van der Waals surface area contributed by atoms with Gasteiger partial charge in [0.15, 0.2) is 5.60 Å². The molecule has 2 aliphatic rings. The molecule has 0 saturated heterocycles. The fourth-order valence-electron chi connectivity index (χ4n) is 5.12. The zero-order valence-electron chi connectivity index (χ0n) is 16.3. The summed E-state index contributed by atoms with van der Waals surface area (Å²) >= 11 is 6.15. The second-order valence-electron chi connectivity index (χ2n) is 7.71. The number of methoxy groups -OCH3 is 1. The average molecular weight is 419 g/mol. The molecule has 0 spiro atoms. The maximum atomic E-state index is 12.2. The predicted octanol–water partition coefficient (Wildman–Crippen LogP) is 4.67. The Morgan fingerprint density at radius 3 is 2.60 bits per heavy atom. The first-order valence-corrected chi connectivity index (χ1v) is 10.1. The van der Waals surface area contributed by atoms with Gasteiger partial charge in [0.05, 0.1) is 12.7 Å². The summed E-state index contributed by atoms with van der Waals surface area (Å²) in [7, 11) is 1.49. The number of benzene rings is 2. The smallest absolute Gasteiger partial charge is 0.224 e. The summed E-state index contributed by atoms with van der Waals surface area (Å²) in [6, 6.07) is 21.1. The van der Waals surface area contributed by atoms with E-state index in [9.17, 15) is 10.4 Å². The van der Waals surface area contributed by atoms with Crippen LogP contribution in [0.15, 0.2) is 60.7 Å². The molecule has 0 bridgehead atoms. The first-order chi connectivity index (χ1) is 14.5. The molecular weight excluding hydrogens is 400 g/mol. The van der Waals surface area contributed by atoms with Gasteiger partial charge in [0.2, 0.25) is 5.88 Å². The number of nitrogens with zero attached hydrogens (tertiary/aromatic N) is 2. The largest absolute Gasteiger partial charge is 0.481 e. The van der Waals surface area contributed by atoms with E-state index in [1.807, 2.05) is 36.4 Å². The number of nitriles is 1. The van der Waals surface area contributed by atoms with Crippen molar-refractivity contribution in [3.8, 4) is 17.7 Å². The molecule has 5 nitrogen and oxygen atoms in total. The lowest BCUT2D eigenvalue weighted by atomic mass is 9.72. The second kappa shape index (κ2) is 6.73. The SMILES string of the molecule is COc1nc(C#N)cc2c1C1(O)CCC(c3ccccc3)C1(c1ccc(Cl)cc1)O2. The van der Waals surface area contributed by atoms with Crippen LogP contribution in [-0.4, -0.2) is 17.2 Å². The van der Waals surface area contributed by atoms with E-state index in [1.165, 1.54) is 7.11 Å². The summed E-state index contributed by atoms with van der Waals surface area (Å²) in [5.41, 5.74) is 0.100. The van der Waals surface area contributed by atoms with Crippen LogP contribution in [0, 0.1) is 11.3 Å². The Bertz CT molecular complexity index is 1160. The molecule has 1 aliphatic carbocycles. The Morgan fingerprint density at radius 1 is 1.20 bits per heavy atom. The highest BCUT2D eigenvalue weighted by Gasteiger charge is 2.69.